The van der Waals surface area contributed by atoms with E-state index in [0.717, 1.165) is 0 Å². The Balaban J connectivity index is 1.80. The third kappa shape index (κ3) is 1.63. The smallest absolute Gasteiger partial charge is 0.0627 e. The summed E-state index contributed by atoms with van der Waals surface area (Å²) in [6.45, 7) is 0. The maximum atomic E-state index is 5.93. The molecule has 2 bridgehead atoms. The molecule has 15 heavy (non-hydrogen) atoms. The normalized spacial score (nSPS) is 35.9. The van der Waals surface area contributed by atoms with E-state index in [-0.39, 0.29) is 0 Å². The molecule has 1 N–H and O–H groups in total. The molecule has 0 spiro atoms. The Labute approximate surface area is 94.6 Å². The molecular weight excluding hydrogens is 206 g/mol. The summed E-state index contributed by atoms with van der Waals surface area (Å²) in [4.78, 5) is 0. The minimum Gasteiger partial charge on any atom is -0.375 e. The average Bonchev–Trinajstić information content (AvgIpc) is 2.94. The standard InChI is InChI=1S/C12H17NOS/c1-13-12(8-4-5-15-7-8)10-6-9-2-3-11(10)14-9/h4-5,7,9-13H,2-3,6H2,1H3. The van der Waals surface area contributed by atoms with Crippen LogP contribution in [-0.4, -0.2) is 19.3 Å². The largest absolute Gasteiger partial charge is 0.375 e. The summed E-state index contributed by atoms with van der Waals surface area (Å²) < 4.78 is 5.93. The van der Waals surface area contributed by atoms with Crippen LogP contribution in [0.15, 0.2) is 16.8 Å². The van der Waals surface area contributed by atoms with Crippen molar-refractivity contribution in [3.05, 3.63) is 22.4 Å². The molecule has 0 amide bonds. The lowest BCUT2D eigenvalue weighted by molar-refractivity contribution is 0.0863. The van der Waals surface area contributed by atoms with Crippen LogP contribution in [0.25, 0.3) is 0 Å². The van der Waals surface area contributed by atoms with E-state index >= 15 is 0 Å². The second kappa shape index (κ2) is 3.89. The highest BCUT2D eigenvalue weighted by Gasteiger charge is 2.44. The molecule has 3 heteroatoms. The fourth-order valence-corrected chi connectivity index (χ4v) is 3.80. The second-order valence-corrected chi connectivity index (χ2v) is 5.38. The van der Waals surface area contributed by atoms with Gasteiger partial charge in [-0.15, -0.1) is 0 Å². The summed E-state index contributed by atoms with van der Waals surface area (Å²) in [5, 5.41) is 7.88. The predicted molar refractivity (Wildman–Crippen MR) is 62.1 cm³/mol. The Bertz CT molecular complexity index is 324. The van der Waals surface area contributed by atoms with Gasteiger partial charge in [0.15, 0.2) is 0 Å². The van der Waals surface area contributed by atoms with Crippen molar-refractivity contribution < 1.29 is 4.74 Å². The molecule has 2 nitrogen and oxygen atoms in total. The highest BCUT2D eigenvalue weighted by Crippen LogP contribution is 2.44. The summed E-state index contributed by atoms with van der Waals surface area (Å²) in [5.74, 6) is 0.684. The van der Waals surface area contributed by atoms with Gasteiger partial charge in [0.2, 0.25) is 0 Å². The molecule has 4 unspecified atom stereocenters. The first-order valence-electron chi connectivity index (χ1n) is 5.73. The van der Waals surface area contributed by atoms with Crippen molar-refractivity contribution in [1.29, 1.82) is 0 Å². The molecule has 3 rings (SSSR count). The number of nitrogens with one attached hydrogen (secondary N) is 1. The Morgan fingerprint density at radius 3 is 3.00 bits per heavy atom. The van der Waals surface area contributed by atoms with Gasteiger partial charge >= 0.3 is 0 Å². The van der Waals surface area contributed by atoms with Crippen molar-refractivity contribution in [3.8, 4) is 0 Å². The molecule has 3 heterocycles. The minimum absolute atomic E-state index is 0.492. The quantitative estimate of drug-likeness (QED) is 0.850. The molecule has 0 radical (unpaired) electrons. The molecule has 1 aromatic rings. The van der Waals surface area contributed by atoms with Gasteiger partial charge in [-0.1, -0.05) is 0 Å². The zero-order valence-corrected chi connectivity index (χ0v) is 9.80. The van der Waals surface area contributed by atoms with Crippen LogP contribution in [0.1, 0.15) is 30.9 Å². The van der Waals surface area contributed by atoms with E-state index in [2.05, 4.69) is 29.2 Å². The summed E-state index contributed by atoms with van der Waals surface area (Å²) in [6.07, 6.45) is 4.84. The first-order valence-corrected chi connectivity index (χ1v) is 6.67. The van der Waals surface area contributed by atoms with E-state index in [1.165, 1.54) is 24.8 Å². The number of hydrogen-bond acceptors (Lipinski definition) is 3. The highest BCUT2D eigenvalue weighted by molar-refractivity contribution is 7.07. The zero-order valence-electron chi connectivity index (χ0n) is 8.98. The van der Waals surface area contributed by atoms with Crippen molar-refractivity contribution >= 4 is 11.3 Å². The van der Waals surface area contributed by atoms with E-state index in [1.54, 1.807) is 11.3 Å². The highest BCUT2D eigenvalue weighted by atomic mass is 32.1. The van der Waals surface area contributed by atoms with Crippen LogP contribution in [0, 0.1) is 5.92 Å². The van der Waals surface area contributed by atoms with Crippen LogP contribution in [0.5, 0.6) is 0 Å². The van der Waals surface area contributed by atoms with Gasteiger partial charge < -0.3 is 10.1 Å². The third-order valence-electron chi connectivity index (χ3n) is 3.79. The molecule has 2 fully saturated rings. The monoisotopic (exact) mass is 223 g/mol. The van der Waals surface area contributed by atoms with Crippen LogP contribution in [-0.2, 0) is 4.74 Å². The third-order valence-corrected chi connectivity index (χ3v) is 4.50. The molecule has 82 valence electrons. The van der Waals surface area contributed by atoms with Crippen LogP contribution in [0.3, 0.4) is 0 Å². The summed E-state index contributed by atoms with van der Waals surface area (Å²) in [6, 6.07) is 2.73. The lowest BCUT2D eigenvalue weighted by Gasteiger charge is -2.27. The van der Waals surface area contributed by atoms with Gasteiger partial charge in [-0.05, 0) is 48.7 Å². The fraction of sp³-hybridized carbons (Fsp3) is 0.667. The van der Waals surface area contributed by atoms with Gasteiger partial charge in [0, 0.05) is 12.0 Å². The first-order chi connectivity index (χ1) is 7.38. The Kier molecular flexibility index (Phi) is 2.54. The van der Waals surface area contributed by atoms with Gasteiger partial charge in [0.05, 0.1) is 12.2 Å². The molecular formula is C12H17NOS. The number of ether oxygens (including phenoxy) is 1. The topological polar surface area (TPSA) is 21.3 Å². The maximum Gasteiger partial charge on any atom is 0.0627 e. The number of fused-ring (bicyclic) bond motifs is 2. The summed E-state index contributed by atoms with van der Waals surface area (Å²) in [7, 11) is 2.06. The lowest BCUT2D eigenvalue weighted by atomic mass is 9.82. The Morgan fingerprint density at radius 1 is 1.53 bits per heavy atom. The predicted octanol–water partition coefficient (Wildman–Crippen LogP) is 2.58. The van der Waals surface area contributed by atoms with Crippen molar-refractivity contribution in [2.45, 2.75) is 37.5 Å². The summed E-state index contributed by atoms with van der Waals surface area (Å²) >= 11 is 1.78. The number of thiophene rings is 1. The van der Waals surface area contributed by atoms with E-state index in [0.29, 0.717) is 24.2 Å². The molecule has 2 saturated heterocycles. The molecule has 4 atom stereocenters. The maximum absolute atomic E-state index is 5.93. The number of hydrogen-bond donors (Lipinski definition) is 1. The molecule has 2 aliphatic rings. The summed E-state index contributed by atoms with van der Waals surface area (Å²) in [5.41, 5.74) is 1.43. The Hall–Kier alpha value is -0.380. The first kappa shape index (κ1) is 9.82. The second-order valence-electron chi connectivity index (χ2n) is 4.60. The van der Waals surface area contributed by atoms with Gasteiger partial charge in [0.25, 0.3) is 0 Å². The van der Waals surface area contributed by atoms with E-state index in [9.17, 15) is 0 Å². The van der Waals surface area contributed by atoms with Gasteiger partial charge in [0.1, 0.15) is 0 Å². The van der Waals surface area contributed by atoms with Gasteiger partial charge in [-0.3, -0.25) is 0 Å². The van der Waals surface area contributed by atoms with Gasteiger partial charge in [-0.25, -0.2) is 0 Å². The van der Waals surface area contributed by atoms with E-state index < -0.39 is 0 Å². The van der Waals surface area contributed by atoms with E-state index in [4.69, 9.17) is 4.74 Å². The molecule has 0 aliphatic carbocycles. The van der Waals surface area contributed by atoms with Crippen LogP contribution in [0.4, 0.5) is 0 Å². The molecule has 0 saturated carbocycles. The zero-order chi connectivity index (χ0) is 10.3. The van der Waals surface area contributed by atoms with Gasteiger partial charge in [-0.2, -0.15) is 11.3 Å². The minimum atomic E-state index is 0.492. The van der Waals surface area contributed by atoms with Crippen molar-refractivity contribution in [2.75, 3.05) is 7.05 Å². The molecule has 2 aliphatic heterocycles. The SMILES string of the molecule is CNC(c1ccsc1)C1CC2CCC1O2. The molecule has 1 aromatic heterocycles. The van der Waals surface area contributed by atoms with Crippen LogP contribution < -0.4 is 5.32 Å². The van der Waals surface area contributed by atoms with Crippen LogP contribution >= 0.6 is 11.3 Å². The lowest BCUT2D eigenvalue weighted by Crippen LogP contribution is -2.31. The fourth-order valence-electron chi connectivity index (χ4n) is 3.11. The molecule has 0 aromatic carbocycles. The average molecular weight is 223 g/mol. The number of rotatable bonds is 3. The van der Waals surface area contributed by atoms with Crippen molar-refractivity contribution in [3.63, 3.8) is 0 Å². The van der Waals surface area contributed by atoms with Crippen molar-refractivity contribution in [1.82, 2.24) is 5.32 Å². The van der Waals surface area contributed by atoms with Crippen molar-refractivity contribution in [2.24, 2.45) is 5.92 Å². The van der Waals surface area contributed by atoms with Crippen LogP contribution in [0.2, 0.25) is 0 Å². The Morgan fingerprint density at radius 2 is 2.47 bits per heavy atom. The van der Waals surface area contributed by atoms with E-state index in [1.807, 2.05) is 0 Å².